The van der Waals surface area contributed by atoms with Crippen LogP contribution in [0.2, 0.25) is 0 Å². The fourth-order valence-electron chi connectivity index (χ4n) is 5.89. The minimum Gasteiger partial charge on any atom is -0.481 e. The number of aromatic nitrogens is 1. The summed E-state index contributed by atoms with van der Waals surface area (Å²) in [6, 6.07) is 28.8. The first-order valence-electron chi connectivity index (χ1n) is 16.2. The van der Waals surface area contributed by atoms with Gasteiger partial charge in [0.05, 0.1) is 35.2 Å². The lowest BCUT2D eigenvalue weighted by Crippen LogP contribution is -2.28. The molecule has 4 aromatic carbocycles. The van der Waals surface area contributed by atoms with Crippen molar-refractivity contribution in [3.8, 4) is 5.88 Å². The molecule has 256 valence electrons. The standard InChI is InChI=1S/C40H36N6O5/c1-23(2)25(4)46-37(48)29-22-30(41-27-18-12-8-13-19-27)34(42-28-20-14-9-15-21-28)35(32(29)39(46)50)44-43-33-24(3)31(38(49)45(5)40(33)51-6)36(47)26-16-10-7-11-17-26/h7-22,41-42H,1-6H3. The van der Waals surface area contributed by atoms with Crippen molar-refractivity contribution in [2.75, 3.05) is 17.7 Å². The summed E-state index contributed by atoms with van der Waals surface area (Å²) in [5.74, 6) is -1.49. The molecule has 2 amide bonds. The van der Waals surface area contributed by atoms with E-state index in [1.807, 2.05) is 74.5 Å². The number of carbonyl (C=O) groups excluding carboxylic acids is 3. The van der Waals surface area contributed by atoms with Crippen molar-refractivity contribution < 1.29 is 19.1 Å². The maximum Gasteiger partial charge on any atom is 0.268 e. The highest BCUT2D eigenvalue weighted by atomic mass is 16.5. The molecule has 6 rings (SSSR count). The van der Waals surface area contributed by atoms with Crippen molar-refractivity contribution in [1.29, 1.82) is 0 Å². The van der Waals surface area contributed by atoms with E-state index in [1.54, 1.807) is 50.2 Å². The second-order valence-corrected chi connectivity index (χ2v) is 12.2. The molecule has 1 aliphatic heterocycles. The molecule has 0 bridgehead atoms. The van der Waals surface area contributed by atoms with Crippen LogP contribution in [0.25, 0.3) is 0 Å². The second kappa shape index (κ2) is 14.1. The van der Waals surface area contributed by atoms with Gasteiger partial charge in [-0.05, 0) is 63.6 Å². The van der Waals surface area contributed by atoms with Crippen molar-refractivity contribution >= 4 is 51.7 Å². The summed E-state index contributed by atoms with van der Waals surface area (Å²) in [7, 11) is 2.87. The number of ketones is 1. The lowest BCUT2D eigenvalue weighted by molar-refractivity contribution is 0.0702. The predicted octanol–water partition coefficient (Wildman–Crippen LogP) is 8.75. The molecule has 2 heterocycles. The van der Waals surface area contributed by atoms with E-state index in [0.29, 0.717) is 28.3 Å². The molecule has 1 aliphatic rings. The first kappa shape index (κ1) is 34.3. The number of amides is 2. The summed E-state index contributed by atoms with van der Waals surface area (Å²) in [4.78, 5) is 56.6. The number of benzene rings is 4. The van der Waals surface area contributed by atoms with Crippen LogP contribution in [0, 0.1) is 6.92 Å². The number of allylic oxidation sites excluding steroid dienone is 2. The molecule has 0 radical (unpaired) electrons. The van der Waals surface area contributed by atoms with Gasteiger partial charge in [0.25, 0.3) is 17.4 Å². The Labute approximate surface area is 294 Å². The van der Waals surface area contributed by atoms with Gasteiger partial charge in [-0.3, -0.25) is 23.7 Å². The summed E-state index contributed by atoms with van der Waals surface area (Å²) in [6.07, 6.45) is 0. The second-order valence-electron chi connectivity index (χ2n) is 12.2. The van der Waals surface area contributed by atoms with Crippen molar-refractivity contribution in [1.82, 2.24) is 9.47 Å². The molecule has 0 fully saturated rings. The van der Waals surface area contributed by atoms with Gasteiger partial charge in [-0.1, -0.05) is 72.3 Å². The number of imide groups is 1. The van der Waals surface area contributed by atoms with E-state index >= 15 is 0 Å². The minimum atomic E-state index is -0.563. The smallest absolute Gasteiger partial charge is 0.268 e. The number of para-hydroxylation sites is 2. The zero-order valence-corrected chi connectivity index (χ0v) is 29.1. The van der Waals surface area contributed by atoms with Crippen molar-refractivity contribution in [3.63, 3.8) is 0 Å². The zero-order chi connectivity index (χ0) is 36.4. The largest absolute Gasteiger partial charge is 0.481 e. The molecule has 0 aliphatic carbocycles. The first-order chi connectivity index (χ1) is 24.5. The van der Waals surface area contributed by atoms with Gasteiger partial charge in [0.2, 0.25) is 5.88 Å². The topological polar surface area (TPSA) is 134 Å². The number of ether oxygens (including phenoxy) is 1. The monoisotopic (exact) mass is 680 g/mol. The van der Waals surface area contributed by atoms with E-state index in [-0.39, 0.29) is 39.5 Å². The number of methoxy groups -OCH3 is 1. The van der Waals surface area contributed by atoms with E-state index in [1.165, 1.54) is 18.7 Å². The van der Waals surface area contributed by atoms with Crippen molar-refractivity contribution in [2.45, 2.75) is 27.7 Å². The third kappa shape index (κ3) is 6.32. The number of carbonyl (C=O) groups is 3. The van der Waals surface area contributed by atoms with Gasteiger partial charge in [0, 0.05) is 29.7 Å². The Morgan fingerprint density at radius 1 is 0.745 bits per heavy atom. The number of hydrogen-bond donors (Lipinski definition) is 2. The van der Waals surface area contributed by atoms with E-state index < -0.39 is 23.2 Å². The van der Waals surface area contributed by atoms with Gasteiger partial charge in [-0.25, -0.2) is 4.90 Å². The quantitative estimate of drug-likeness (QED) is 0.0856. The third-order valence-electron chi connectivity index (χ3n) is 8.77. The summed E-state index contributed by atoms with van der Waals surface area (Å²) in [6.45, 7) is 6.97. The van der Waals surface area contributed by atoms with Gasteiger partial charge in [0.1, 0.15) is 11.4 Å². The summed E-state index contributed by atoms with van der Waals surface area (Å²) in [5, 5.41) is 16.1. The number of fused-ring (bicyclic) bond motifs is 1. The SMILES string of the molecule is COc1c(N=Nc2c(Nc3ccccc3)c(Nc3ccccc3)cc3c2C(=O)N(C(C)=C(C)C)C3=O)c(C)c(C(=O)c2ccccc2)c(=O)n1C. The Hall–Kier alpha value is -6.62. The highest BCUT2D eigenvalue weighted by molar-refractivity contribution is 6.26. The molecule has 0 spiro atoms. The van der Waals surface area contributed by atoms with Crippen LogP contribution in [-0.2, 0) is 7.05 Å². The van der Waals surface area contributed by atoms with Crippen LogP contribution in [0.15, 0.2) is 123 Å². The molecule has 2 N–H and O–H groups in total. The molecule has 51 heavy (non-hydrogen) atoms. The molecular formula is C40H36N6O5. The Kier molecular flexibility index (Phi) is 9.46. The molecule has 0 saturated carbocycles. The van der Waals surface area contributed by atoms with E-state index in [0.717, 1.165) is 16.2 Å². The van der Waals surface area contributed by atoms with Crippen LogP contribution >= 0.6 is 0 Å². The third-order valence-corrected chi connectivity index (χ3v) is 8.77. The number of rotatable bonds is 10. The van der Waals surface area contributed by atoms with Crippen LogP contribution < -0.4 is 20.9 Å². The highest BCUT2D eigenvalue weighted by Crippen LogP contribution is 2.47. The Balaban J connectivity index is 1.64. The number of hydrogen-bond acceptors (Lipinski definition) is 9. The van der Waals surface area contributed by atoms with Gasteiger partial charge >= 0.3 is 0 Å². The van der Waals surface area contributed by atoms with Gasteiger partial charge in [-0.2, -0.15) is 0 Å². The number of azo groups is 1. The van der Waals surface area contributed by atoms with Crippen LogP contribution in [0.1, 0.15) is 63.0 Å². The molecule has 0 unspecified atom stereocenters. The van der Waals surface area contributed by atoms with Crippen LogP contribution in [0.4, 0.5) is 34.1 Å². The molecule has 11 heteroatoms. The number of anilines is 4. The fraction of sp³-hybridized carbons (Fsp3) is 0.150. The lowest BCUT2D eigenvalue weighted by Gasteiger charge is -2.19. The number of pyridine rings is 1. The van der Waals surface area contributed by atoms with Crippen molar-refractivity contribution in [2.24, 2.45) is 17.3 Å². The lowest BCUT2D eigenvalue weighted by atomic mass is 9.99. The average molecular weight is 681 g/mol. The molecule has 5 aromatic rings. The maximum atomic E-state index is 14.3. The molecular weight excluding hydrogens is 644 g/mol. The molecule has 11 nitrogen and oxygen atoms in total. The first-order valence-corrected chi connectivity index (χ1v) is 16.2. The molecule has 0 atom stereocenters. The summed E-state index contributed by atoms with van der Waals surface area (Å²) < 4.78 is 6.84. The Morgan fingerprint density at radius 2 is 1.29 bits per heavy atom. The summed E-state index contributed by atoms with van der Waals surface area (Å²) >= 11 is 0. The van der Waals surface area contributed by atoms with Crippen LogP contribution in [-0.4, -0.2) is 34.2 Å². The molecule has 0 saturated heterocycles. The van der Waals surface area contributed by atoms with E-state index in [2.05, 4.69) is 20.9 Å². The number of nitrogens with one attached hydrogen (secondary N) is 2. The average Bonchev–Trinajstić information content (AvgIpc) is 3.38. The maximum absolute atomic E-state index is 14.3. The fourth-order valence-corrected chi connectivity index (χ4v) is 5.89. The van der Waals surface area contributed by atoms with Gasteiger partial charge in [-0.15, -0.1) is 10.2 Å². The number of nitrogens with zero attached hydrogens (tertiary/aromatic N) is 4. The van der Waals surface area contributed by atoms with Crippen molar-refractivity contribution in [3.05, 3.63) is 147 Å². The minimum absolute atomic E-state index is 0.0448. The van der Waals surface area contributed by atoms with Gasteiger partial charge < -0.3 is 15.4 Å². The normalized spacial score (nSPS) is 12.2. The molecule has 1 aromatic heterocycles. The highest BCUT2D eigenvalue weighted by Gasteiger charge is 2.41. The van der Waals surface area contributed by atoms with Crippen LogP contribution in [0.3, 0.4) is 0 Å². The van der Waals surface area contributed by atoms with Crippen LogP contribution in [0.5, 0.6) is 5.88 Å². The van der Waals surface area contributed by atoms with E-state index in [4.69, 9.17) is 4.74 Å². The zero-order valence-electron chi connectivity index (χ0n) is 29.1. The Bertz CT molecular complexity index is 2310. The Morgan fingerprint density at radius 3 is 1.86 bits per heavy atom. The predicted molar refractivity (Wildman–Crippen MR) is 197 cm³/mol. The summed E-state index contributed by atoms with van der Waals surface area (Å²) in [5.41, 5.74) is 3.80. The van der Waals surface area contributed by atoms with Gasteiger partial charge in [0.15, 0.2) is 5.78 Å². The van der Waals surface area contributed by atoms with E-state index in [9.17, 15) is 19.2 Å².